The molecule has 1 fully saturated rings. The average molecular weight is 487 g/mol. The summed E-state index contributed by atoms with van der Waals surface area (Å²) in [6, 6.07) is 11.3. The van der Waals surface area contributed by atoms with E-state index in [0.29, 0.717) is 19.3 Å². The van der Waals surface area contributed by atoms with Crippen LogP contribution in [0.3, 0.4) is 0 Å². The van der Waals surface area contributed by atoms with Crippen molar-refractivity contribution in [2.45, 2.75) is 29.7 Å². The van der Waals surface area contributed by atoms with Crippen molar-refractivity contribution in [1.82, 2.24) is 14.5 Å². The number of aryl methyl sites for hydroxylation is 1. The second-order valence-electron chi connectivity index (χ2n) is 8.55. The number of amides is 4. The lowest BCUT2D eigenvalue weighted by Gasteiger charge is -2.32. The third-order valence-electron chi connectivity index (χ3n) is 6.19. The molecule has 1 heterocycles. The van der Waals surface area contributed by atoms with Crippen molar-refractivity contribution < 1.29 is 27.5 Å². The number of fused-ring (bicyclic) bond motifs is 1. The number of nitrogens with one attached hydrogen (secondary N) is 2. The molecule has 1 spiro atoms. The molecular formula is C23H26N4O6S. The standard InChI is InChI=1S/C23H26N4O6S/c1-26(2)34(31,32)19-12-17(8-9-18(19)33-3)24-20(28)14-27-21(29)23(25-22(27)30)11-10-15-6-4-5-7-16(15)13-23/h4-9,12H,10-11,13-14H2,1-3H3,(H,24,28)(H,25,30). The Morgan fingerprint density at radius 3 is 2.56 bits per heavy atom. The maximum absolute atomic E-state index is 13.2. The van der Waals surface area contributed by atoms with E-state index in [-0.39, 0.29) is 16.3 Å². The Labute approximate surface area is 197 Å². The summed E-state index contributed by atoms with van der Waals surface area (Å²) in [5.74, 6) is -0.941. The van der Waals surface area contributed by atoms with E-state index in [9.17, 15) is 22.8 Å². The number of benzene rings is 2. The molecule has 34 heavy (non-hydrogen) atoms. The third-order valence-corrected chi connectivity index (χ3v) is 8.02. The van der Waals surface area contributed by atoms with Crippen molar-refractivity contribution in [3.8, 4) is 5.75 Å². The fourth-order valence-electron chi connectivity index (χ4n) is 4.34. The van der Waals surface area contributed by atoms with Crippen molar-refractivity contribution >= 4 is 33.6 Å². The molecule has 1 aliphatic heterocycles. The lowest BCUT2D eigenvalue weighted by Crippen LogP contribution is -2.51. The fourth-order valence-corrected chi connectivity index (χ4v) is 5.42. The van der Waals surface area contributed by atoms with Gasteiger partial charge in [-0.05, 0) is 42.2 Å². The van der Waals surface area contributed by atoms with Crippen LogP contribution in [0.1, 0.15) is 17.5 Å². The van der Waals surface area contributed by atoms with E-state index in [0.717, 1.165) is 20.3 Å². The van der Waals surface area contributed by atoms with Crippen LogP contribution in [-0.4, -0.2) is 68.8 Å². The van der Waals surface area contributed by atoms with Crippen LogP contribution in [0.15, 0.2) is 47.4 Å². The predicted molar refractivity (Wildman–Crippen MR) is 124 cm³/mol. The number of anilines is 1. The van der Waals surface area contributed by atoms with Crippen LogP contribution in [-0.2, 0) is 32.5 Å². The Bertz CT molecular complexity index is 1280. The highest BCUT2D eigenvalue weighted by Gasteiger charge is 2.52. The van der Waals surface area contributed by atoms with Crippen LogP contribution in [0.2, 0.25) is 0 Å². The molecule has 0 saturated carbocycles. The van der Waals surface area contributed by atoms with Crippen LogP contribution in [0, 0.1) is 0 Å². The SMILES string of the molecule is COc1ccc(NC(=O)CN2C(=O)NC3(CCc4ccccc4C3)C2=O)cc1S(=O)(=O)N(C)C. The van der Waals surface area contributed by atoms with Gasteiger partial charge in [0.15, 0.2) is 0 Å². The highest BCUT2D eigenvalue weighted by molar-refractivity contribution is 7.89. The molecule has 0 radical (unpaired) electrons. The van der Waals surface area contributed by atoms with Gasteiger partial charge in [-0.3, -0.25) is 14.5 Å². The number of carbonyl (C=O) groups excluding carboxylic acids is 3. The molecule has 1 atom stereocenters. The molecule has 11 heteroatoms. The summed E-state index contributed by atoms with van der Waals surface area (Å²) in [5, 5.41) is 5.36. The first-order valence-corrected chi connectivity index (χ1v) is 12.1. The van der Waals surface area contributed by atoms with Gasteiger partial charge in [0.2, 0.25) is 15.9 Å². The maximum Gasteiger partial charge on any atom is 0.325 e. The van der Waals surface area contributed by atoms with Gasteiger partial charge in [0.05, 0.1) is 7.11 Å². The summed E-state index contributed by atoms with van der Waals surface area (Å²) in [4.78, 5) is 39.3. The lowest BCUT2D eigenvalue weighted by molar-refractivity contribution is -0.134. The van der Waals surface area contributed by atoms with Gasteiger partial charge in [0.25, 0.3) is 5.91 Å². The van der Waals surface area contributed by atoms with Gasteiger partial charge in [0, 0.05) is 26.2 Å². The third kappa shape index (κ3) is 4.12. The Kier molecular flexibility index (Phi) is 6.09. The van der Waals surface area contributed by atoms with Crippen LogP contribution in [0.25, 0.3) is 0 Å². The van der Waals surface area contributed by atoms with Crippen LogP contribution >= 0.6 is 0 Å². The summed E-state index contributed by atoms with van der Waals surface area (Å²) in [6.07, 6.45) is 1.48. The quantitative estimate of drug-likeness (QED) is 0.594. The summed E-state index contributed by atoms with van der Waals surface area (Å²) >= 11 is 0. The summed E-state index contributed by atoms with van der Waals surface area (Å²) in [7, 11) is 0.286. The molecule has 0 aromatic heterocycles. The molecule has 0 bridgehead atoms. The Hall–Kier alpha value is -3.44. The molecule has 2 aromatic rings. The number of hydrogen-bond donors (Lipinski definition) is 2. The molecular weight excluding hydrogens is 460 g/mol. The molecule has 1 saturated heterocycles. The van der Waals surface area contributed by atoms with Gasteiger partial charge < -0.3 is 15.4 Å². The molecule has 1 unspecified atom stereocenters. The fraction of sp³-hybridized carbons (Fsp3) is 0.348. The van der Waals surface area contributed by atoms with Crippen molar-refractivity contribution in [1.29, 1.82) is 0 Å². The number of urea groups is 1. The van der Waals surface area contributed by atoms with Gasteiger partial charge in [-0.1, -0.05) is 24.3 Å². The highest BCUT2D eigenvalue weighted by atomic mass is 32.2. The molecule has 180 valence electrons. The second kappa shape index (κ2) is 8.73. The maximum atomic E-state index is 13.2. The van der Waals surface area contributed by atoms with Gasteiger partial charge in [-0.15, -0.1) is 0 Å². The Balaban J connectivity index is 1.50. The molecule has 4 amide bonds. The van der Waals surface area contributed by atoms with E-state index in [1.807, 2.05) is 24.3 Å². The monoisotopic (exact) mass is 486 g/mol. The van der Waals surface area contributed by atoms with Gasteiger partial charge >= 0.3 is 6.03 Å². The van der Waals surface area contributed by atoms with E-state index in [1.54, 1.807) is 0 Å². The molecule has 4 rings (SSSR count). The normalized spacial score (nSPS) is 19.8. The largest absolute Gasteiger partial charge is 0.495 e. The topological polar surface area (TPSA) is 125 Å². The van der Waals surface area contributed by atoms with Crippen molar-refractivity contribution in [3.05, 3.63) is 53.6 Å². The van der Waals surface area contributed by atoms with E-state index >= 15 is 0 Å². The number of sulfonamides is 1. The number of imide groups is 1. The highest BCUT2D eigenvalue weighted by Crippen LogP contribution is 2.34. The van der Waals surface area contributed by atoms with E-state index in [4.69, 9.17) is 4.74 Å². The Morgan fingerprint density at radius 1 is 1.18 bits per heavy atom. The predicted octanol–water partition coefficient (Wildman–Crippen LogP) is 1.36. The van der Waals surface area contributed by atoms with Crippen molar-refractivity contribution in [2.24, 2.45) is 0 Å². The second-order valence-corrected chi connectivity index (χ2v) is 10.7. The first-order valence-electron chi connectivity index (χ1n) is 10.7. The van der Waals surface area contributed by atoms with Crippen molar-refractivity contribution in [2.75, 3.05) is 33.1 Å². The van der Waals surface area contributed by atoms with Crippen molar-refractivity contribution in [3.63, 3.8) is 0 Å². The van der Waals surface area contributed by atoms with E-state index in [1.165, 1.54) is 39.4 Å². The molecule has 10 nitrogen and oxygen atoms in total. The molecule has 2 N–H and O–H groups in total. The number of ether oxygens (including phenoxy) is 1. The number of hydrogen-bond acceptors (Lipinski definition) is 6. The smallest absolute Gasteiger partial charge is 0.325 e. The minimum absolute atomic E-state index is 0.118. The summed E-state index contributed by atoms with van der Waals surface area (Å²) in [5.41, 5.74) is 1.29. The summed E-state index contributed by atoms with van der Waals surface area (Å²) in [6.45, 7) is -0.490. The first kappa shape index (κ1) is 23.7. The number of carbonyl (C=O) groups is 3. The number of rotatable bonds is 6. The van der Waals surface area contributed by atoms with Crippen LogP contribution in [0.5, 0.6) is 5.75 Å². The van der Waals surface area contributed by atoms with E-state index < -0.39 is 40.0 Å². The molecule has 2 aliphatic rings. The minimum Gasteiger partial charge on any atom is -0.495 e. The van der Waals surface area contributed by atoms with Gasteiger partial charge in [-0.2, -0.15) is 0 Å². The minimum atomic E-state index is -3.83. The zero-order valence-electron chi connectivity index (χ0n) is 19.1. The number of nitrogens with zero attached hydrogens (tertiary/aromatic N) is 2. The van der Waals surface area contributed by atoms with E-state index in [2.05, 4.69) is 10.6 Å². The molecule has 2 aromatic carbocycles. The zero-order valence-corrected chi connectivity index (χ0v) is 19.9. The number of methoxy groups -OCH3 is 1. The average Bonchev–Trinajstić information content (AvgIpc) is 3.02. The lowest BCUT2D eigenvalue weighted by atomic mass is 9.78. The van der Waals surface area contributed by atoms with Crippen LogP contribution in [0.4, 0.5) is 10.5 Å². The molecule has 1 aliphatic carbocycles. The van der Waals surface area contributed by atoms with Crippen LogP contribution < -0.4 is 15.4 Å². The zero-order chi connectivity index (χ0) is 24.7. The van der Waals surface area contributed by atoms with Gasteiger partial charge in [0.1, 0.15) is 22.7 Å². The Morgan fingerprint density at radius 2 is 1.88 bits per heavy atom. The summed E-state index contributed by atoms with van der Waals surface area (Å²) < 4.78 is 31.4. The van der Waals surface area contributed by atoms with Gasteiger partial charge in [-0.25, -0.2) is 17.5 Å². The first-order chi connectivity index (χ1) is 16.1.